The number of hydrogen-bond donors (Lipinski definition) is 1. The monoisotopic (exact) mass is 597 g/mol. The molecule has 0 bridgehead atoms. The molecule has 0 saturated carbocycles. The Hall–Kier alpha value is -4.34. The molecular formula is C25H21F6N7O2S. The van der Waals surface area contributed by atoms with Gasteiger partial charge in [0.25, 0.3) is 11.9 Å². The van der Waals surface area contributed by atoms with Crippen molar-refractivity contribution in [2.45, 2.75) is 31.1 Å². The number of halogens is 6. The first kappa shape index (κ1) is 29.6. The van der Waals surface area contributed by atoms with Crippen molar-refractivity contribution in [2.24, 2.45) is 4.36 Å². The number of nitrogens with one attached hydrogen (secondary N) is 1. The third-order valence-corrected chi connectivity index (χ3v) is 7.01. The molecule has 0 saturated heterocycles. The molecule has 1 amide bonds. The molecule has 4 rings (SSSR count). The summed E-state index contributed by atoms with van der Waals surface area (Å²) < 4.78 is 97.4. The zero-order valence-electron chi connectivity index (χ0n) is 21.3. The van der Waals surface area contributed by atoms with Crippen molar-refractivity contribution < 1.29 is 35.3 Å². The first-order chi connectivity index (χ1) is 19.1. The summed E-state index contributed by atoms with van der Waals surface area (Å²) in [4.78, 5) is 25.0. The third kappa shape index (κ3) is 7.45. The van der Waals surface area contributed by atoms with Gasteiger partial charge in [-0.25, -0.2) is 19.2 Å². The van der Waals surface area contributed by atoms with E-state index in [1.165, 1.54) is 25.6 Å². The second kappa shape index (κ2) is 11.3. The van der Waals surface area contributed by atoms with Crippen LogP contribution >= 0.6 is 0 Å². The number of aromatic nitrogens is 5. The lowest BCUT2D eigenvalue weighted by Gasteiger charge is -2.16. The highest BCUT2D eigenvalue weighted by atomic mass is 32.2. The van der Waals surface area contributed by atoms with E-state index in [0.717, 1.165) is 16.6 Å². The van der Waals surface area contributed by atoms with Crippen molar-refractivity contribution in [3.8, 4) is 5.95 Å². The molecule has 41 heavy (non-hydrogen) atoms. The predicted molar refractivity (Wildman–Crippen MR) is 136 cm³/mol. The van der Waals surface area contributed by atoms with Crippen LogP contribution in [0.1, 0.15) is 45.8 Å². The Kier molecular flexibility index (Phi) is 8.15. The molecule has 2 heterocycles. The van der Waals surface area contributed by atoms with Gasteiger partial charge in [0, 0.05) is 11.8 Å². The normalized spacial score (nSPS) is 14.2. The summed E-state index contributed by atoms with van der Waals surface area (Å²) in [6.07, 6.45) is -5.02. The number of rotatable bonds is 7. The molecule has 0 aliphatic heterocycles. The molecule has 2 aromatic carbocycles. The van der Waals surface area contributed by atoms with Crippen LogP contribution in [0.15, 0.2) is 71.6 Å². The number of hydrogen-bond acceptors (Lipinski definition) is 7. The summed E-state index contributed by atoms with van der Waals surface area (Å²) in [5.74, 6) is -0.984. The van der Waals surface area contributed by atoms with Gasteiger partial charge in [-0.2, -0.15) is 40.5 Å². The van der Waals surface area contributed by atoms with Gasteiger partial charge >= 0.3 is 12.4 Å². The summed E-state index contributed by atoms with van der Waals surface area (Å²) in [5, 5.41) is 6.31. The lowest BCUT2D eigenvalue weighted by molar-refractivity contribution is -0.143. The maximum absolute atomic E-state index is 13.2. The standard InChI is InChI=1S/C25H21F6N7O2S/c1-15(36-22(39)17-8-18(24(26,27)28)10-19(9-17)25(29,30)31)21-34-14-35-38(21)23-32-11-20(12-33-23)37-41(2,40)13-16-6-4-3-5-7-16/h3-12,14-15H,13H2,1-2H3,(H,36,39)/t15-,41?/m0/s1. The smallest absolute Gasteiger partial charge is 0.342 e. The number of amides is 1. The van der Waals surface area contributed by atoms with Crippen LogP contribution < -0.4 is 5.32 Å². The fourth-order valence-corrected chi connectivity index (χ4v) is 5.16. The van der Waals surface area contributed by atoms with Crippen molar-refractivity contribution in [3.05, 3.63) is 95.3 Å². The van der Waals surface area contributed by atoms with Crippen LogP contribution in [0.3, 0.4) is 0 Å². The van der Waals surface area contributed by atoms with Crippen molar-refractivity contribution in [1.82, 2.24) is 30.0 Å². The Balaban J connectivity index is 1.54. The van der Waals surface area contributed by atoms with Gasteiger partial charge in [0.1, 0.15) is 12.0 Å². The zero-order chi connectivity index (χ0) is 30.0. The van der Waals surface area contributed by atoms with Crippen LogP contribution in [0, 0.1) is 0 Å². The summed E-state index contributed by atoms with van der Waals surface area (Å²) in [6, 6.07) is 8.69. The van der Waals surface area contributed by atoms with Crippen LogP contribution in [0.4, 0.5) is 32.0 Å². The SMILES string of the molecule is C[C@H](NC(=O)c1cc(C(F)(F)F)cc(C(F)(F)F)c1)c1ncnn1-c1ncc(N=S(C)(=O)Cc2ccccc2)cn1. The molecule has 4 aromatic rings. The second-order valence-corrected chi connectivity index (χ2v) is 11.3. The molecule has 0 aliphatic carbocycles. The van der Waals surface area contributed by atoms with E-state index < -0.39 is 50.7 Å². The minimum absolute atomic E-state index is 0.0263. The average Bonchev–Trinajstić information content (AvgIpc) is 3.38. The van der Waals surface area contributed by atoms with Crippen LogP contribution in [0.5, 0.6) is 0 Å². The van der Waals surface area contributed by atoms with E-state index in [9.17, 15) is 35.3 Å². The fourth-order valence-electron chi connectivity index (χ4n) is 3.74. The van der Waals surface area contributed by atoms with E-state index in [-0.39, 0.29) is 29.3 Å². The number of carbonyl (C=O) groups excluding carboxylic acids is 1. The minimum atomic E-state index is -5.11. The van der Waals surface area contributed by atoms with Crippen molar-refractivity contribution >= 4 is 21.3 Å². The van der Waals surface area contributed by atoms with Crippen molar-refractivity contribution in [3.63, 3.8) is 0 Å². The van der Waals surface area contributed by atoms with Gasteiger partial charge in [-0.05, 0) is 30.7 Å². The quantitative estimate of drug-likeness (QED) is 0.281. The van der Waals surface area contributed by atoms with E-state index >= 15 is 0 Å². The van der Waals surface area contributed by atoms with Crippen LogP contribution in [-0.2, 0) is 27.8 Å². The highest BCUT2D eigenvalue weighted by Crippen LogP contribution is 2.36. The number of benzene rings is 2. The second-order valence-electron chi connectivity index (χ2n) is 8.94. The van der Waals surface area contributed by atoms with Crippen LogP contribution in [0.2, 0.25) is 0 Å². The summed E-state index contributed by atoms with van der Waals surface area (Å²) in [5.41, 5.74) is -3.01. The highest BCUT2D eigenvalue weighted by molar-refractivity contribution is 7.92. The predicted octanol–water partition coefficient (Wildman–Crippen LogP) is 5.52. The maximum Gasteiger partial charge on any atom is 0.416 e. The molecule has 1 unspecified atom stereocenters. The van der Waals surface area contributed by atoms with Gasteiger partial charge in [0.2, 0.25) is 0 Å². The Morgan fingerprint density at radius 2 is 1.56 bits per heavy atom. The van der Waals surface area contributed by atoms with E-state index in [1.54, 1.807) is 0 Å². The molecular weight excluding hydrogens is 576 g/mol. The molecule has 2 atom stereocenters. The van der Waals surface area contributed by atoms with E-state index in [0.29, 0.717) is 12.1 Å². The summed E-state index contributed by atoms with van der Waals surface area (Å²) in [7, 11) is -2.67. The fraction of sp³-hybridized carbons (Fsp3) is 0.240. The zero-order valence-corrected chi connectivity index (χ0v) is 22.1. The van der Waals surface area contributed by atoms with Gasteiger partial charge in [-0.1, -0.05) is 30.3 Å². The largest absolute Gasteiger partial charge is 0.416 e. The first-order valence-corrected chi connectivity index (χ1v) is 13.8. The Morgan fingerprint density at radius 1 is 0.976 bits per heavy atom. The van der Waals surface area contributed by atoms with Gasteiger partial charge in [0.05, 0.1) is 45.0 Å². The molecule has 2 aromatic heterocycles. The lowest BCUT2D eigenvalue weighted by atomic mass is 10.0. The summed E-state index contributed by atoms with van der Waals surface area (Å²) in [6.45, 7) is 1.40. The number of carbonyl (C=O) groups is 1. The molecule has 16 heteroatoms. The average molecular weight is 598 g/mol. The summed E-state index contributed by atoms with van der Waals surface area (Å²) >= 11 is 0. The van der Waals surface area contributed by atoms with Gasteiger partial charge < -0.3 is 5.32 Å². The number of alkyl halides is 6. The third-order valence-electron chi connectivity index (χ3n) is 5.55. The lowest BCUT2D eigenvalue weighted by Crippen LogP contribution is -2.29. The van der Waals surface area contributed by atoms with E-state index in [1.807, 2.05) is 30.3 Å². The minimum Gasteiger partial charge on any atom is -0.342 e. The van der Waals surface area contributed by atoms with Crippen molar-refractivity contribution in [1.29, 1.82) is 0 Å². The Bertz CT molecular complexity index is 1630. The Labute approximate surface area is 229 Å². The van der Waals surface area contributed by atoms with Crippen molar-refractivity contribution in [2.75, 3.05) is 6.26 Å². The Morgan fingerprint density at radius 3 is 2.12 bits per heavy atom. The van der Waals surface area contributed by atoms with E-state index in [4.69, 9.17) is 0 Å². The molecule has 9 nitrogen and oxygen atoms in total. The van der Waals surface area contributed by atoms with Gasteiger partial charge in [0.15, 0.2) is 5.82 Å². The molecule has 0 radical (unpaired) electrons. The maximum atomic E-state index is 13.2. The van der Waals surface area contributed by atoms with Gasteiger partial charge in [-0.15, -0.1) is 0 Å². The highest BCUT2D eigenvalue weighted by Gasteiger charge is 2.37. The van der Waals surface area contributed by atoms with Crippen LogP contribution in [-0.4, -0.2) is 41.1 Å². The molecule has 216 valence electrons. The molecule has 1 N–H and O–H groups in total. The van der Waals surface area contributed by atoms with Gasteiger partial charge in [-0.3, -0.25) is 4.79 Å². The molecule has 0 fully saturated rings. The first-order valence-electron chi connectivity index (χ1n) is 11.7. The molecule has 0 aliphatic rings. The van der Waals surface area contributed by atoms with E-state index in [2.05, 4.69) is 29.7 Å². The number of nitrogens with zero attached hydrogens (tertiary/aromatic N) is 6. The topological polar surface area (TPSA) is 115 Å². The van der Waals surface area contributed by atoms with Crippen LogP contribution in [0.25, 0.3) is 5.95 Å². The molecule has 0 spiro atoms.